The van der Waals surface area contributed by atoms with Crippen molar-refractivity contribution >= 4 is 35.8 Å². The van der Waals surface area contributed by atoms with E-state index < -0.39 is 0 Å². The first-order valence-electron chi connectivity index (χ1n) is 4.31. The second kappa shape index (κ2) is 4.47. The van der Waals surface area contributed by atoms with Gasteiger partial charge in [-0.25, -0.2) is 4.98 Å². The van der Waals surface area contributed by atoms with E-state index in [0.29, 0.717) is 15.8 Å². The van der Waals surface area contributed by atoms with Crippen LogP contribution in [0.3, 0.4) is 0 Å². The number of halogens is 2. The van der Waals surface area contributed by atoms with E-state index >= 15 is 0 Å². The molecule has 2 aromatic rings. The van der Waals surface area contributed by atoms with Gasteiger partial charge >= 0.3 is 0 Å². The Hall–Kier alpha value is -0.640. The van der Waals surface area contributed by atoms with E-state index in [1.165, 1.54) is 0 Å². The third-order valence-corrected chi connectivity index (χ3v) is 3.05. The van der Waals surface area contributed by atoms with Gasteiger partial charge < -0.3 is 4.98 Å². The highest BCUT2D eigenvalue weighted by Crippen LogP contribution is 2.27. The Morgan fingerprint density at radius 1 is 1.27 bits per heavy atom. The lowest BCUT2D eigenvalue weighted by molar-refractivity contribution is 1.13. The van der Waals surface area contributed by atoms with Gasteiger partial charge in [0.25, 0.3) is 0 Å². The maximum Gasteiger partial charge on any atom is 0.116 e. The van der Waals surface area contributed by atoms with Crippen LogP contribution in [0.25, 0.3) is 11.3 Å². The SMILES string of the molecule is SCc1ncc(-c2ccc(Cl)c(Cl)c2)[nH]1. The van der Waals surface area contributed by atoms with Crippen LogP contribution in [-0.4, -0.2) is 9.97 Å². The average molecular weight is 259 g/mol. The van der Waals surface area contributed by atoms with Crippen molar-refractivity contribution in [1.82, 2.24) is 9.97 Å². The lowest BCUT2D eigenvalue weighted by atomic mass is 10.2. The molecule has 2 rings (SSSR count). The number of aromatic amines is 1. The number of aromatic nitrogens is 2. The number of benzene rings is 1. The van der Waals surface area contributed by atoms with Gasteiger partial charge in [-0.2, -0.15) is 12.6 Å². The fourth-order valence-electron chi connectivity index (χ4n) is 1.25. The van der Waals surface area contributed by atoms with Crippen LogP contribution >= 0.6 is 35.8 Å². The molecule has 2 nitrogen and oxygen atoms in total. The zero-order chi connectivity index (χ0) is 10.8. The second-order valence-electron chi connectivity index (χ2n) is 3.03. The van der Waals surface area contributed by atoms with Gasteiger partial charge in [0, 0.05) is 11.3 Å². The standard InChI is InChI=1S/C10H8Cl2N2S/c11-7-2-1-6(3-8(7)12)9-4-13-10(5-15)14-9/h1-4,15H,5H2,(H,13,14). The molecule has 0 saturated carbocycles. The van der Waals surface area contributed by atoms with Crippen molar-refractivity contribution in [2.45, 2.75) is 5.75 Å². The van der Waals surface area contributed by atoms with E-state index in [2.05, 4.69) is 22.6 Å². The largest absolute Gasteiger partial charge is 0.341 e. The Morgan fingerprint density at radius 3 is 2.67 bits per heavy atom. The first-order valence-corrected chi connectivity index (χ1v) is 5.69. The number of thiol groups is 1. The number of imidazole rings is 1. The lowest BCUT2D eigenvalue weighted by Gasteiger charge is -1.99. The fraction of sp³-hybridized carbons (Fsp3) is 0.100. The molecule has 0 amide bonds. The Bertz CT molecular complexity index is 482. The van der Waals surface area contributed by atoms with Gasteiger partial charge in [-0.1, -0.05) is 29.3 Å². The van der Waals surface area contributed by atoms with Crippen LogP contribution in [0.2, 0.25) is 10.0 Å². The summed E-state index contributed by atoms with van der Waals surface area (Å²) >= 11 is 15.9. The number of H-pyrrole nitrogens is 1. The van der Waals surface area contributed by atoms with E-state index in [1.807, 2.05) is 6.07 Å². The van der Waals surface area contributed by atoms with Crippen LogP contribution in [0.5, 0.6) is 0 Å². The van der Waals surface area contributed by atoms with Crippen molar-refractivity contribution in [2.75, 3.05) is 0 Å². The minimum Gasteiger partial charge on any atom is -0.341 e. The Kier molecular flexibility index (Phi) is 3.24. The van der Waals surface area contributed by atoms with Gasteiger partial charge in [0.05, 0.1) is 21.9 Å². The van der Waals surface area contributed by atoms with Gasteiger partial charge in [-0.15, -0.1) is 0 Å². The minimum atomic E-state index is 0.538. The molecule has 0 atom stereocenters. The molecule has 0 aliphatic rings. The van der Waals surface area contributed by atoms with Gasteiger partial charge in [0.2, 0.25) is 0 Å². The molecule has 0 aliphatic heterocycles. The first-order chi connectivity index (χ1) is 7.20. The monoisotopic (exact) mass is 258 g/mol. The second-order valence-corrected chi connectivity index (χ2v) is 4.16. The fourth-order valence-corrected chi connectivity index (χ4v) is 1.71. The molecule has 0 spiro atoms. The van der Waals surface area contributed by atoms with Crippen molar-refractivity contribution in [2.24, 2.45) is 0 Å². The summed E-state index contributed by atoms with van der Waals surface area (Å²) in [7, 11) is 0. The third-order valence-electron chi connectivity index (χ3n) is 2.01. The van der Waals surface area contributed by atoms with Crippen LogP contribution in [0.1, 0.15) is 5.82 Å². The van der Waals surface area contributed by atoms with Crippen LogP contribution in [-0.2, 0) is 5.75 Å². The van der Waals surface area contributed by atoms with Crippen molar-refractivity contribution in [3.05, 3.63) is 40.3 Å². The van der Waals surface area contributed by atoms with E-state index in [1.54, 1.807) is 18.3 Å². The Morgan fingerprint density at radius 2 is 2.07 bits per heavy atom. The highest BCUT2D eigenvalue weighted by molar-refractivity contribution is 7.79. The van der Waals surface area contributed by atoms with Crippen molar-refractivity contribution in [1.29, 1.82) is 0 Å². The average Bonchev–Trinajstić information content (AvgIpc) is 2.70. The van der Waals surface area contributed by atoms with Crippen LogP contribution < -0.4 is 0 Å². The van der Waals surface area contributed by atoms with E-state index in [-0.39, 0.29) is 0 Å². The molecule has 1 heterocycles. The smallest absolute Gasteiger partial charge is 0.116 e. The summed E-state index contributed by atoms with van der Waals surface area (Å²) in [4.78, 5) is 7.29. The molecule has 0 radical (unpaired) electrons. The molecule has 15 heavy (non-hydrogen) atoms. The Balaban J connectivity index is 2.40. The quantitative estimate of drug-likeness (QED) is 0.789. The summed E-state index contributed by atoms with van der Waals surface area (Å²) < 4.78 is 0. The maximum atomic E-state index is 5.92. The van der Waals surface area contributed by atoms with Gasteiger partial charge in [0.1, 0.15) is 5.82 Å². The molecule has 0 fully saturated rings. The zero-order valence-electron chi connectivity index (χ0n) is 7.67. The summed E-state index contributed by atoms with van der Waals surface area (Å²) in [5, 5.41) is 1.09. The summed E-state index contributed by atoms with van der Waals surface area (Å²) in [5.74, 6) is 1.42. The first kappa shape index (κ1) is 10.9. The van der Waals surface area contributed by atoms with Crippen LogP contribution in [0, 0.1) is 0 Å². The third kappa shape index (κ3) is 2.30. The lowest BCUT2D eigenvalue weighted by Crippen LogP contribution is -1.81. The van der Waals surface area contributed by atoms with Crippen molar-refractivity contribution < 1.29 is 0 Å². The molecular weight excluding hydrogens is 251 g/mol. The predicted octanol–water partition coefficient (Wildman–Crippen LogP) is 3.81. The molecule has 1 aromatic carbocycles. The molecule has 5 heteroatoms. The highest BCUT2D eigenvalue weighted by atomic mass is 35.5. The van der Waals surface area contributed by atoms with E-state index in [0.717, 1.165) is 17.1 Å². The summed E-state index contributed by atoms with van der Waals surface area (Å²) in [6, 6.07) is 5.46. The number of nitrogens with one attached hydrogen (secondary N) is 1. The van der Waals surface area contributed by atoms with Crippen LogP contribution in [0.4, 0.5) is 0 Å². The van der Waals surface area contributed by atoms with Crippen molar-refractivity contribution in [3.8, 4) is 11.3 Å². The van der Waals surface area contributed by atoms with Gasteiger partial charge in [0.15, 0.2) is 0 Å². The van der Waals surface area contributed by atoms with Gasteiger partial charge in [-0.05, 0) is 12.1 Å². The Labute approximate surface area is 103 Å². The highest BCUT2D eigenvalue weighted by Gasteiger charge is 2.04. The molecule has 0 bridgehead atoms. The van der Waals surface area contributed by atoms with Gasteiger partial charge in [-0.3, -0.25) is 0 Å². The van der Waals surface area contributed by atoms with Crippen molar-refractivity contribution in [3.63, 3.8) is 0 Å². The summed E-state index contributed by atoms with van der Waals surface area (Å²) in [5.41, 5.74) is 1.88. The molecule has 78 valence electrons. The summed E-state index contributed by atoms with van der Waals surface area (Å²) in [6.45, 7) is 0. The molecule has 0 saturated heterocycles. The number of hydrogen-bond donors (Lipinski definition) is 2. The molecule has 1 aromatic heterocycles. The molecule has 0 unspecified atom stereocenters. The zero-order valence-corrected chi connectivity index (χ0v) is 10.1. The molecule has 1 N–H and O–H groups in total. The minimum absolute atomic E-state index is 0.538. The number of rotatable bonds is 2. The van der Waals surface area contributed by atoms with Crippen LogP contribution in [0.15, 0.2) is 24.4 Å². The normalized spacial score (nSPS) is 10.6. The number of hydrogen-bond acceptors (Lipinski definition) is 2. The topological polar surface area (TPSA) is 28.7 Å². The summed E-state index contributed by atoms with van der Waals surface area (Å²) in [6.07, 6.45) is 1.76. The predicted molar refractivity (Wildman–Crippen MR) is 66.7 cm³/mol. The van der Waals surface area contributed by atoms with E-state index in [9.17, 15) is 0 Å². The molecular formula is C10H8Cl2N2S. The van der Waals surface area contributed by atoms with E-state index in [4.69, 9.17) is 23.2 Å². The number of nitrogens with zero attached hydrogens (tertiary/aromatic N) is 1. The molecule has 0 aliphatic carbocycles. The maximum absolute atomic E-state index is 5.92.